The Morgan fingerprint density at radius 2 is 2.03 bits per heavy atom. The molecule has 0 unspecified atom stereocenters. The summed E-state index contributed by atoms with van der Waals surface area (Å²) >= 11 is 6.70. The van der Waals surface area contributed by atoms with E-state index in [0.717, 1.165) is 10.0 Å². The molecule has 0 aliphatic heterocycles. The van der Waals surface area contributed by atoms with E-state index in [0.29, 0.717) is 22.3 Å². The highest BCUT2D eigenvalue weighted by atomic mass is 79.9. The minimum Gasteiger partial charge on any atom is -0.496 e. The Kier molecular flexibility index (Phi) is 6.95. The zero-order valence-electron chi connectivity index (χ0n) is 15.6. The normalized spacial score (nSPS) is 10.9. The molecule has 154 valence electrons. The van der Waals surface area contributed by atoms with Crippen molar-refractivity contribution in [2.24, 2.45) is 5.10 Å². The second kappa shape index (κ2) is 9.63. The third-order valence-corrected chi connectivity index (χ3v) is 5.06. The van der Waals surface area contributed by atoms with E-state index in [2.05, 4.69) is 47.5 Å². The zero-order chi connectivity index (χ0) is 21.7. The van der Waals surface area contributed by atoms with Crippen LogP contribution in [0.1, 0.15) is 21.6 Å². The first-order valence-electron chi connectivity index (χ1n) is 8.50. The number of non-ortho nitro benzene ring substituents is 1. The maximum absolute atomic E-state index is 12.4. The molecular weight excluding hydrogens is 522 g/mol. The van der Waals surface area contributed by atoms with Crippen molar-refractivity contribution >= 4 is 49.7 Å². The maximum Gasteiger partial charge on any atom is 0.293 e. The molecule has 0 bridgehead atoms. The Bertz CT molecular complexity index is 1110. The molecule has 2 aromatic carbocycles. The Labute approximate surface area is 188 Å². The van der Waals surface area contributed by atoms with Gasteiger partial charge in [0.2, 0.25) is 0 Å². The smallest absolute Gasteiger partial charge is 0.293 e. The first-order chi connectivity index (χ1) is 14.4. The molecule has 0 fully saturated rings. The molecule has 11 heteroatoms. The summed E-state index contributed by atoms with van der Waals surface area (Å²) in [6.45, 7) is 0.350. The van der Waals surface area contributed by atoms with Crippen LogP contribution < -0.4 is 10.2 Å². The fourth-order valence-corrected chi connectivity index (χ4v) is 3.44. The van der Waals surface area contributed by atoms with Crippen LogP contribution in [-0.2, 0) is 6.54 Å². The Morgan fingerprint density at radius 1 is 1.30 bits per heavy atom. The van der Waals surface area contributed by atoms with Gasteiger partial charge in [-0.1, -0.05) is 28.1 Å². The number of nitrogens with one attached hydrogen (secondary N) is 1. The number of nitro groups is 1. The van der Waals surface area contributed by atoms with Gasteiger partial charge in [0.25, 0.3) is 11.6 Å². The van der Waals surface area contributed by atoms with Crippen LogP contribution >= 0.6 is 31.9 Å². The van der Waals surface area contributed by atoms with Gasteiger partial charge in [0, 0.05) is 28.4 Å². The molecule has 0 saturated heterocycles. The van der Waals surface area contributed by atoms with Crippen molar-refractivity contribution in [2.45, 2.75) is 6.54 Å². The number of ether oxygens (including phenoxy) is 1. The van der Waals surface area contributed by atoms with Gasteiger partial charge in [0.15, 0.2) is 5.69 Å². The van der Waals surface area contributed by atoms with Crippen LogP contribution in [0.2, 0.25) is 0 Å². The molecule has 1 N–H and O–H groups in total. The third kappa shape index (κ3) is 5.30. The summed E-state index contributed by atoms with van der Waals surface area (Å²) in [4.78, 5) is 22.7. The van der Waals surface area contributed by atoms with Gasteiger partial charge in [-0.15, -0.1) is 0 Å². The van der Waals surface area contributed by atoms with Crippen LogP contribution in [0.3, 0.4) is 0 Å². The van der Waals surface area contributed by atoms with Gasteiger partial charge < -0.3 is 4.74 Å². The Morgan fingerprint density at radius 3 is 2.70 bits per heavy atom. The van der Waals surface area contributed by atoms with Gasteiger partial charge in [-0.05, 0) is 39.7 Å². The van der Waals surface area contributed by atoms with Gasteiger partial charge in [-0.3, -0.25) is 19.6 Å². The largest absolute Gasteiger partial charge is 0.496 e. The number of nitrogens with zero attached hydrogens (tertiary/aromatic N) is 4. The predicted octanol–water partition coefficient (Wildman–Crippen LogP) is 4.14. The van der Waals surface area contributed by atoms with Crippen LogP contribution in [0.5, 0.6) is 5.75 Å². The van der Waals surface area contributed by atoms with E-state index in [1.54, 1.807) is 36.2 Å². The molecule has 1 heterocycles. The second-order valence-electron chi connectivity index (χ2n) is 6.03. The molecular formula is C19H15Br2N5O4. The molecule has 3 rings (SSSR count). The predicted molar refractivity (Wildman–Crippen MR) is 118 cm³/mol. The topological polar surface area (TPSA) is 112 Å². The van der Waals surface area contributed by atoms with Crippen molar-refractivity contribution < 1.29 is 14.5 Å². The maximum atomic E-state index is 12.4. The molecule has 0 atom stereocenters. The highest BCUT2D eigenvalue weighted by Crippen LogP contribution is 2.21. The molecule has 0 saturated carbocycles. The zero-order valence-corrected chi connectivity index (χ0v) is 18.8. The summed E-state index contributed by atoms with van der Waals surface area (Å²) in [5, 5.41) is 19.0. The van der Waals surface area contributed by atoms with Gasteiger partial charge in [0.1, 0.15) is 5.75 Å². The summed E-state index contributed by atoms with van der Waals surface area (Å²) in [6, 6.07) is 11.6. The number of hydrazone groups is 1. The third-order valence-electron chi connectivity index (χ3n) is 3.99. The summed E-state index contributed by atoms with van der Waals surface area (Å²) in [5.41, 5.74) is 4.11. The lowest BCUT2D eigenvalue weighted by atomic mass is 10.2. The number of rotatable bonds is 7. The van der Waals surface area contributed by atoms with E-state index in [4.69, 9.17) is 4.74 Å². The van der Waals surface area contributed by atoms with E-state index >= 15 is 0 Å². The van der Waals surface area contributed by atoms with E-state index in [1.165, 1.54) is 18.3 Å². The first kappa shape index (κ1) is 21.7. The number of hydrogen-bond acceptors (Lipinski definition) is 6. The molecule has 9 nitrogen and oxygen atoms in total. The highest BCUT2D eigenvalue weighted by Gasteiger charge is 2.15. The molecule has 1 aromatic heterocycles. The van der Waals surface area contributed by atoms with Gasteiger partial charge in [0.05, 0.1) is 29.3 Å². The monoisotopic (exact) mass is 535 g/mol. The van der Waals surface area contributed by atoms with Crippen molar-refractivity contribution in [3.8, 4) is 5.75 Å². The number of methoxy groups -OCH3 is 1. The summed E-state index contributed by atoms with van der Waals surface area (Å²) in [5.74, 6) is 0.124. The Hall–Kier alpha value is -3.05. The Balaban J connectivity index is 1.68. The molecule has 30 heavy (non-hydrogen) atoms. The van der Waals surface area contributed by atoms with Crippen LogP contribution in [0.25, 0.3) is 0 Å². The lowest BCUT2D eigenvalue weighted by Crippen LogP contribution is -2.19. The molecule has 3 aromatic rings. The van der Waals surface area contributed by atoms with Crippen molar-refractivity contribution in [2.75, 3.05) is 7.11 Å². The van der Waals surface area contributed by atoms with Gasteiger partial charge >= 0.3 is 0 Å². The summed E-state index contributed by atoms with van der Waals surface area (Å²) in [7, 11) is 1.55. The second-order valence-corrected chi connectivity index (χ2v) is 7.80. The quantitative estimate of drug-likeness (QED) is 0.277. The van der Waals surface area contributed by atoms with Crippen LogP contribution in [-0.4, -0.2) is 33.9 Å². The van der Waals surface area contributed by atoms with E-state index in [9.17, 15) is 14.9 Å². The van der Waals surface area contributed by atoms with E-state index in [1.807, 2.05) is 12.1 Å². The molecule has 1 amide bonds. The number of hydrogen-bond donors (Lipinski definition) is 1. The fraction of sp³-hybridized carbons (Fsp3) is 0.105. The van der Waals surface area contributed by atoms with E-state index < -0.39 is 10.8 Å². The van der Waals surface area contributed by atoms with Crippen molar-refractivity contribution in [3.05, 3.63) is 84.5 Å². The molecule has 0 spiro atoms. The van der Waals surface area contributed by atoms with Crippen LogP contribution in [0, 0.1) is 10.1 Å². The number of carbonyl (C=O) groups excluding carboxylic acids is 1. The molecule has 0 radical (unpaired) electrons. The van der Waals surface area contributed by atoms with Crippen molar-refractivity contribution in [1.29, 1.82) is 0 Å². The van der Waals surface area contributed by atoms with Crippen molar-refractivity contribution in [3.63, 3.8) is 0 Å². The SMILES string of the molecule is COc1ccc(Br)cc1C=NNC(=O)c1nn(Cc2ccc([N+](=O)[O-])cc2)cc1Br. The standard InChI is InChI=1S/C19H15Br2N5O4/c1-30-17-7-4-14(20)8-13(17)9-22-23-19(27)18-16(21)11-25(24-18)10-12-2-5-15(6-3-12)26(28)29/h2-9,11H,10H2,1H3,(H,23,27). The summed E-state index contributed by atoms with van der Waals surface area (Å²) < 4.78 is 8.16. The average molecular weight is 537 g/mol. The number of nitro benzene ring substituents is 1. The molecule has 0 aliphatic carbocycles. The average Bonchev–Trinajstić information content (AvgIpc) is 3.08. The minimum atomic E-state index is -0.491. The van der Waals surface area contributed by atoms with Gasteiger partial charge in [-0.25, -0.2) is 5.43 Å². The number of carbonyl (C=O) groups is 1. The number of amides is 1. The first-order valence-corrected chi connectivity index (χ1v) is 10.1. The number of aromatic nitrogens is 2. The fourth-order valence-electron chi connectivity index (χ4n) is 2.56. The lowest BCUT2D eigenvalue weighted by molar-refractivity contribution is -0.384. The van der Waals surface area contributed by atoms with Gasteiger partial charge in [-0.2, -0.15) is 10.2 Å². The number of benzene rings is 2. The molecule has 0 aliphatic rings. The summed E-state index contributed by atoms with van der Waals surface area (Å²) in [6.07, 6.45) is 3.13. The number of halogens is 2. The minimum absolute atomic E-state index is 0.0143. The van der Waals surface area contributed by atoms with Crippen molar-refractivity contribution in [1.82, 2.24) is 15.2 Å². The lowest BCUT2D eigenvalue weighted by Gasteiger charge is -2.04. The highest BCUT2D eigenvalue weighted by molar-refractivity contribution is 9.10. The van der Waals surface area contributed by atoms with Crippen LogP contribution in [0.15, 0.2) is 62.7 Å². The van der Waals surface area contributed by atoms with Crippen LogP contribution in [0.4, 0.5) is 5.69 Å². The van der Waals surface area contributed by atoms with E-state index in [-0.39, 0.29) is 11.4 Å².